The molecule has 0 spiro atoms. The van der Waals surface area contributed by atoms with Crippen molar-refractivity contribution in [2.45, 2.75) is 32.4 Å². The highest BCUT2D eigenvalue weighted by atomic mass is 35.5. The number of anilines is 1. The molecule has 2 aromatic carbocycles. The van der Waals surface area contributed by atoms with Crippen LogP contribution in [0.4, 0.5) is 19.3 Å². The van der Waals surface area contributed by atoms with E-state index in [0.717, 1.165) is 12.5 Å². The molecule has 0 bridgehead atoms. The number of halogens is 3. The molecule has 1 aliphatic rings. The average molecular weight is 590 g/mol. The molecule has 1 fully saturated rings. The molecule has 1 aromatic heterocycles. The number of ether oxygens (including phenoxy) is 1. The van der Waals surface area contributed by atoms with Crippen molar-refractivity contribution in [2.24, 2.45) is 0 Å². The van der Waals surface area contributed by atoms with Crippen LogP contribution in [0.5, 0.6) is 0 Å². The Kier molecular flexibility index (Phi) is 9.42. The molecular formula is C29H30ClF2N3O4S. The van der Waals surface area contributed by atoms with Gasteiger partial charge in [-0.3, -0.25) is 14.5 Å². The van der Waals surface area contributed by atoms with Gasteiger partial charge in [-0.2, -0.15) is 0 Å². The third-order valence-corrected chi connectivity index (χ3v) is 7.93. The summed E-state index contributed by atoms with van der Waals surface area (Å²) in [6.45, 7) is 3.37. The van der Waals surface area contributed by atoms with Crippen LogP contribution in [0.25, 0.3) is 0 Å². The maximum Gasteiger partial charge on any atom is 0.410 e. The van der Waals surface area contributed by atoms with Gasteiger partial charge in [0.05, 0.1) is 0 Å². The maximum absolute atomic E-state index is 14.4. The van der Waals surface area contributed by atoms with E-state index >= 15 is 0 Å². The third-order valence-electron chi connectivity index (χ3n) is 6.78. The van der Waals surface area contributed by atoms with Crippen LogP contribution < -0.4 is 4.90 Å². The van der Waals surface area contributed by atoms with Crippen molar-refractivity contribution in [1.82, 2.24) is 9.80 Å². The summed E-state index contributed by atoms with van der Waals surface area (Å²) < 4.78 is 34.2. The monoisotopic (exact) mass is 589 g/mol. The Morgan fingerprint density at radius 1 is 1.00 bits per heavy atom. The van der Waals surface area contributed by atoms with Gasteiger partial charge >= 0.3 is 6.09 Å². The summed E-state index contributed by atoms with van der Waals surface area (Å²) in [5.41, 5.74) is 1.01. The van der Waals surface area contributed by atoms with Crippen LogP contribution in [0.15, 0.2) is 66.0 Å². The zero-order valence-electron chi connectivity index (χ0n) is 22.2. The molecule has 1 unspecified atom stereocenters. The second kappa shape index (κ2) is 12.8. The van der Waals surface area contributed by atoms with E-state index in [-0.39, 0.29) is 55.5 Å². The standard InChI is InChI=1S/C29H30ClF2N3O4S/c1-20-22(29(2,31)32)10-6-11-23(20)35(25(36)18-30)26(24-12-7-17-40-24)27(37)33-13-15-34(16-14-33)28(38)39-19-21-8-4-3-5-9-21/h3-12,17,26H,13-16,18-19H2,1-2H3. The lowest BCUT2D eigenvalue weighted by Crippen LogP contribution is -2.54. The molecule has 1 aliphatic heterocycles. The second-order valence-corrected chi connectivity index (χ2v) is 10.8. The van der Waals surface area contributed by atoms with E-state index in [2.05, 4.69) is 0 Å². The molecule has 3 aromatic rings. The second-order valence-electron chi connectivity index (χ2n) is 9.51. The first-order chi connectivity index (χ1) is 19.1. The molecular weight excluding hydrogens is 560 g/mol. The minimum absolute atomic E-state index is 0.143. The van der Waals surface area contributed by atoms with Crippen LogP contribution in [0, 0.1) is 6.92 Å². The van der Waals surface area contributed by atoms with Crippen molar-refractivity contribution in [3.05, 3.63) is 87.6 Å². The van der Waals surface area contributed by atoms with E-state index in [4.69, 9.17) is 16.3 Å². The number of amides is 3. The number of nitrogens with zero attached hydrogens (tertiary/aromatic N) is 3. The van der Waals surface area contributed by atoms with Crippen LogP contribution in [-0.2, 0) is 26.9 Å². The summed E-state index contributed by atoms with van der Waals surface area (Å²) in [5.74, 6) is -4.56. The predicted molar refractivity (Wildman–Crippen MR) is 151 cm³/mol. The molecule has 40 heavy (non-hydrogen) atoms. The highest BCUT2D eigenvalue weighted by Gasteiger charge is 2.39. The first-order valence-corrected chi connectivity index (χ1v) is 14.2. The summed E-state index contributed by atoms with van der Waals surface area (Å²) >= 11 is 7.27. The number of rotatable bonds is 8. The van der Waals surface area contributed by atoms with Crippen LogP contribution in [0.2, 0.25) is 0 Å². The Hall–Kier alpha value is -3.50. The number of hydrogen-bond donors (Lipinski definition) is 0. The van der Waals surface area contributed by atoms with Gasteiger partial charge in [0.2, 0.25) is 5.91 Å². The molecule has 11 heteroatoms. The summed E-state index contributed by atoms with van der Waals surface area (Å²) in [4.78, 5) is 44.8. The lowest BCUT2D eigenvalue weighted by molar-refractivity contribution is -0.136. The van der Waals surface area contributed by atoms with E-state index in [1.54, 1.807) is 28.5 Å². The van der Waals surface area contributed by atoms with Gasteiger partial charge in [0.25, 0.3) is 11.8 Å². The fourth-order valence-corrected chi connectivity index (χ4v) is 5.68. The Balaban J connectivity index is 1.56. The zero-order valence-corrected chi connectivity index (χ0v) is 23.8. The van der Waals surface area contributed by atoms with E-state index < -0.39 is 29.8 Å². The molecule has 3 amide bonds. The summed E-state index contributed by atoms with van der Waals surface area (Å²) in [7, 11) is 0. The number of thiophene rings is 1. The molecule has 1 saturated heterocycles. The molecule has 0 radical (unpaired) electrons. The lowest BCUT2D eigenvalue weighted by atomic mass is 9.99. The number of carbonyl (C=O) groups is 3. The summed E-state index contributed by atoms with van der Waals surface area (Å²) in [6, 6.07) is 16.0. The van der Waals surface area contributed by atoms with Crippen molar-refractivity contribution in [3.63, 3.8) is 0 Å². The quantitative estimate of drug-likeness (QED) is 0.304. The van der Waals surface area contributed by atoms with Crippen molar-refractivity contribution >= 4 is 46.5 Å². The lowest BCUT2D eigenvalue weighted by Gasteiger charge is -2.39. The SMILES string of the molecule is Cc1c(N(C(=O)CCl)C(C(=O)N2CCN(C(=O)OCc3ccccc3)CC2)c2cccs2)cccc1C(C)(F)F. The fraction of sp³-hybridized carbons (Fsp3) is 0.345. The first kappa shape index (κ1) is 29.5. The molecule has 0 N–H and O–H groups in total. The fourth-order valence-electron chi connectivity index (χ4n) is 4.74. The minimum atomic E-state index is -3.15. The van der Waals surface area contributed by atoms with Crippen LogP contribution >= 0.6 is 22.9 Å². The van der Waals surface area contributed by atoms with E-state index in [1.165, 1.54) is 40.2 Å². The van der Waals surface area contributed by atoms with Crippen molar-refractivity contribution < 1.29 is 27.9 Å². The molecule has 0 aliphatic carbocycles. The Morgan fingerprint density at radius 3 is 2.27 bits per heavy atom. The number of piperazine rings is 1. The zero-order chi connectivity index (χ0) is 28.9. The molecule has 7 nitrogen and oxygen atoms in total. The van der Waals surface area contributed by atoms with Crippen molar-refractivity contribution in [2.75, 3.05) is 37.0 Å². The van der Waals surface area contributed by atoms with Crippen molar-refractivity contribution in [1.29, 1.82) is 0 Å². The van der Waals surface area contributed by atoms with E-state index in [1.807, 2.05) is 30.3 Å². The highest BCUT2D eigenvalue weighted by molar-refractivity contribution is 7.10. The maximum atomic E-state index is 14.4. The smallest absolute Gasteiger partial charge is 0.410 e. The molecule has 2 heterocycles. The topological polar surface area (TPSA) is 70.2 Å². The summed E-state index contributed by atoms with van der Waals surface area (Å²) in [6.07, 6.45) is -0.474. The molecule has 4 rings (SSSR count). The largest absolute Gasteiger partial charge is 0.445 e. The third kappa shape index (κ3) is 6.62. The van der Waals surface area contributed by atoms with Gasteiger partial charge in [-0.15, -0.1) is 22.9 Å². The van der Waals surface area contributed by atoms with E-state index in [9.17, 15) is 23.2 Å². The molecule has 1 atom stereocenters. The van der Waals surface area contributed by atoms with Gasteiger partial charge in [0, 0.05) is 49.2 Å². The summed E-state index contributed by atoms with van der Waals surface area (Å²) in [5, 5.41) is 1.78. The number of alkyl halides is 3. The van der Waals surface area contributed by atoms with Crippen LogP contribution in [0.1, 0.15) is 34.5 Å². The van der Waals surface area contributed by atoms with Gasteiger partial charge in [0.1, 0.15) is 18.5 Å². The normalized spacial score (nSPS) is 14.5. The number of carbonyl (C=O) groups excluding carboxylic acids is 3. The molecule has 0 saturated carbocycles. The van der Waals surface area contributed by atoms with Gasteiger partial charge in [-0.25, -0.2) is 13.6 Å². The number of hydrogen-bond acceptors (Lipinski definition) is 5. The van der Waals surface area contributed by atoms with Gasteiger partial charge in [-0.05, 0) is 35.6 Å². The highest BCUT2D eigenvalue weighted by Crippen LogP contribution is 2.39. The minimum Gasteiger partial charge on any atom is -0.445 e. The first-order valence-electron chi connectivity index (χ1n) is 12.8. The van der Waals surface area contributed by atoms with Gasteiger partial charge in [-0.1, -0.05) is 48.5 Å². The Labute approximate surface area is 240 Å². The van der Waals surface area contributed by atoms with Crippen LogP contribution in [-0.4, -0.2) is 59.8 Å². The Morgan fingerprint density at radius 2 is 1.68 bits per heavy atom. The predicted octanol–water partition coefficient (Wildman–Crippen LogP) is 5.96. The van der Waals surface area contributed by atoms with Crippen molar-refractivity contribution in [3.8, 4) is 0 Å². The van der Waals surface area contributed by atoms with Gasteiger partial charge < -0.3 is 14.5 Å². The van der Waals surface area contributed by atoms with Gasteiger partial charge in [0.15, 0.2) is 0 Å². The van der Waals surface area contributed by atoms with Crippen LogP contribution in [0.3, 0.4) is 0 Å². The van der Waals surface area contributed by atoms with E-state index in [0.29, 0.717) is 4.88 Å². The molecule has 212 valence electrons. The number of benzene rings is 2. The average Bonchev–Trinajstić information content (AvgIpc) is 3.49. The Bertz CT molecular complexity index is 1330.